The summed E-state index contributed by atoms with van der Waals surface area (Å²) < 4.78 is 41.3. The van der Waals surface area contributed by atoms with Crippen molar-refractivity contribution in [3.63, 3.8) is 0 Å². The average molecular weight is 323 g/mol. The van der Waals surface area contributed by atoms with Gasteiger partial charge in [0.2, 0.25) is 0 Å². The number of nitrogens with one attached hydrogen (secondary N) is 1. The number of aliphatic hydroxyl groups excluding tert-OH is 1. The molecule has 1 saturated heterocycles. The molecule has 8 heteroatoms. The van der Waals surface area contributed by atoms with Gasteiger partial charge in [-0.3, -0.25) is 4.72 Å². The quantitative estimate of drug-likeness (QED) is 0.890. The molecule has 1 unspecified atom stereocenters. The Morgan fingerprint density at radius 3 is 2.80 bits per heavy atom. The van der Waals surface area contributed by atoms with Crippen LogP contribution in [0.2, 0.25) is 5.02 Å². The fourth-order valence-corrected chi connectivity index (χ4v) is 3.98. The monoisotopic (exact) mass is 322 g/mol. The van der Waals surface area contributed by atoms with Crippen LogP contribution in [-0.4, -0.2) is 37.0 Å². The summed E-state index contributed by atoms with van der Waals surface area (Å²) in [5, 5.41) is 9.38. The third kappa shape index (κ3) is 3.60. The maximum absolute atomic E-state index is 13.2. The van der Waals surface area contributed by atoms with E-state index in [-0.39, 0.29) is 17.3 Å². The second-order valence-corrected chi connectivity index (χ2v) is 6.77. The molecule has 5 nitrogen and oxygen atoms in total. The minimum atomic E-state index is -3.83. The standard InChI is InChI=1S/C12H16ClFN2O3S/c13-9-5-10(14)7-11(6-9)15-20(18,19)16-4-2-1-3-12(16)8-17/h5-7,12,15,17H,1-4,8H2. The number of anilines is 1. The lowest BCUT2D eigenvalue weighted by Crippen LogP contribution is -2.47. The highest BCUT2D eigenvalue weighted by Gasteiger charge is 2.31. The molecule has 1 aromatic rings. The topological polar surface area (TPSA) is 69.6 Å². The Morgan fingerprint density at radius 2 is 2.15 bits per heavy atom. The minimum Gasteiger partial charge on any atom is -0.395 e. The highest BCUT2D eigenvalue weighted by Crippen LogP contribution is 2.24. The van der Waals surface area contributed by atoms with Gasteiger partial charge in [0.05, 0.1) is 12.3 Å². The summed E-state index contributed by atoms with van der Waals surface area (Å²) in [4.78, 5) is 0. The molecule has 1 heterocycles. The van der Waals surface area contributed by atoms with E-state index >= 15 is 0 Å². The SMILES string of the molecule is O=S(=O)(Nc1cc(F)cc(Cl)c1)N1CCCCC1CO. The van der Waals surface area contributed by atoms with Crippen LogP contribution in [0.15, 0.2) is 18.2 Å². The molecular weight excluding hydrogens is 307 g/mol. The molecule has 2 rings (SSSR count). The van der Waals surface area contributed by atoms with Crippen LogP contribution in [0.1, 0.15) is 19.3 Å². The van der Waals surface area contributed by atoms with Gasteiger partial charge in [0.15, 0.2) is 0 Å². The van der Waals surface area contributed by atoms with E-state index in [1.54, 1.807) is 0 Å². The Hall–Kier alpha value is -0.890. The number of aliphatic hydroxyl groups is 1. The maximum Gasteiger partial charge on any atom is 0.301 e. The fourth-order valence-electron chi connectivity index (χ4n) is 2.29. The van der Waals surface area contributed by atoms with Crippen molar-refractivity contribution in [1.29, 1.82) is 0 Å². The summed E-state index contributed by atoms with van der Waals surface area (Å²) in [7, 11) is -3.83. The first-order valence-electron chi connectivity index (χ1n) is 6.29. The van der Waals surface area contributed by atoms with Crippen LogP contribution in [0.4, 0.5) is 10.1 Å². The number of benzene rings is 1. The average Bonchev–Trinajstić information content (AvgIpc) is 2.36. The molecule has 0 spiro atoms. The summed E-state index contributed by atoms with van der Waals surface area (Å²) in [5.41, 5.74) is 0.0669. The molecule has 0 amide bonds. The van der Waals surface area contributed by atoms with Crippen LogP contribution in [0.25, 0.3) is 0 Å². The van der Waals surface area contributed by atoms with Gasteiger partial charge in [0.1, 0.15) is 5.82 Å². The van der Waals surface area contributed by atoms with E-state index in [9.17, 15) is 17.9 Å². The lowest BCUT2D eigenvalue weighted by Gasteiger charge is -2.33. The van der Waals surface area contributed by atoms with Crippen LogP contribution < -0.4 is 4.72 Å². The summed E-state index contributed by atoms with van der Waals surface area (Å²) in [6, 6.07) is 3.04. The zero-order valence-electron chi connectivity index (χ0n) is 10.7. The number of rotatable bonds is 4. The number of hydrogen-bond acceptors (Lipinski definition) is 3. The van der Waals surface area contributed by atoms with Crippen molar-refractivity contribution in [2.45, 2.75) is 25.3 Å². The minimum absolute atomic E-state index is 0.0669. The van der Waals surface area contributed by atoms with Gasteiger partial charge in [-0.2, -0.15) is 12.7 Å². The number of halogens is 2. The van der Waals surface area contributed by atoms with E-state index in [0.717, 1.165) is 25.0 Å². The van der Waals surface area contributed by atoms with E-state index in [2.05, 4.69) is 4.72 Å². The summed E-state index contributed by atoms with van der Waals surface area (Å²) >= 11 is 5.69. The zero-order valence-corrected chi connectivity index (χ0v) is 12.3. The lowest BCUT2D eigenvalue weighted by molar-refractivity contribution is 0.156. The molecule has 112 valence electrons. The lowest BCUT2D eigenvalue weighted by atomic mass is 10.1. The van der Waals surface area contributed by atoms with E-state index in [1.807, 2.05) is 0 Å². The molecule has 1 aliphatic rings. The number of piperidine rings is 1. The van der Waals surface area contributed by atoms with Crippen molar-refractivity contribution in [2.24, 2.45) is 0 Å². The van der Waals surface area contributed by atoms with Crippen molar-refractivity contribution < 1.29 is 17.9 Å². The smallest absolute Gasteiger partial charge is 0.301 e. The van der Waals surface area contributed by atoms with Crippen LogP contribution >= 0.6 is 11.6 Å². The predicted molar refractivity (Wildman–Crippen MR) is 75.4 cm³/mol. The first-order chi connectivity index (χ1) is 9.42. The third-order valence-corrected chi connectivity index (χ3v) is 5.01. The Bertz CT molecular complexity index is 562. The van der Waals surface area contributed by atoms with Crippen LogP contribution in [0, 0.1) is 5.82 Å². The molecule has 0 saturated carbocycles. The zero-order chi connectivity index (χ0) is 14.8. The van der Waals surface area contributed by atoms with Crippen molar-refractivity contribution in [3.05, 3.63) is 29.0 Å². The number of nitrogens with zero attached hydrogens (tertiary/aromatic N) is 1. The van der Waals surface area contributed by atoms with Crippen LogP contribution in [-0.2, 0) is 10.2 Å². The Balaban J connectivity index is 2.21. The normalized spacial score (nSPS) is 20.9. The third-order valence-electron chi connectivity index (χ3n) is 3.20. The van der Waals surface area contributed by atoms with Crippen molar-refractivity contribution in [2.75, 3.05) is 17.9 Å². The Morgan fingerprint density at radius 1 is 1.40 bits per heavy atom. The van der Waals surface area contributed by atoms with E-state index in [0.29, 0.717) is 13.0 Å². The van der Waals surface area contributed by atoms with E-state index in [4.69, 9.17) is 11.6 Å². The van der Waals surface area contributed by atoms with Gasteiger partial charge in [0, 0.05) is 17.6 Å². The highest BCUT2D eigenvalue weighted by molar-refractivity contribution is 7.90. The van der Waals surface area contributed by atoms with Crippen LogP contribution in [0.3, 0.4) is 0 Å². The molecule has 20 heavy (non-hydrogen) atoms. The molecule has 1 fully saturated rings. The van der Waals surface area contributed by atoms with Crippen molar-refractivity contribution in [3.8, 4) is 0 Å². The summed E-state index contributed by atoms with van der Waals surface area (Å²) in [5.74, 6) is -0.618. The summed E-state index contributed by atoms with van der Waals surface area (Å²) in [6.45, 7) is 0.106. The molecule has 2 N–H and O–H groups in total. The van der Waals surface area contributed by atoms with Crippen molar-refractivity contribution in [1.82, 2.24) is 4.31 Å². The van der Waals surface area contributed by atoms with Gasteiger partial charge in [-0.1, -0.05) is 18.0 Å². The molecule has 0 aliphatic carbocycles. The molecular formula is C12H16ClFN2O3S. The molecule has 1 aliphatic heterocycles. The van der Waals surface area contributed by atoms with Gasteiger partial charge in [-0.15, -0.1) is 0 Å². The van der Waals surface area contributed by atoms with E-state index < -0.39 is 22.1 Å². The molecule has 0 radical (unpaired) electrons. The Labute approximate surface area is 122 Å². The van der Waals surface area contributed by atoms with Gasteiger partial charge in [-0.25, -0.2) is 4.39 Å². The Kier molecular flexibility index (Phi) is 4.85. The maximum atomic E-state index is 13.2. The summed E-state index contributed by atoms with van der Waals surface area (Å²) in [6.07, 6.45) is 2.23. The molecule has 1 aromatic carbocycles. The highest BCUT2D eigenvalue weighted by atomic mass is 35.5. The first-order valence-corrected chi connectivity index (χ1v) is 8.11. The van der Waals surface area contributed by atoms with Crippen molar-refractivity contribution >= 4 is 27.5 Å². The van der Waals surface area contributed by atoms with Gasteiger partial charge < -0.3 is 5.11 Å². The second-order valence-electron chi connectivity index (χ2n) is 4.71. The second kappa shape index (κ2) is 6.26. The molecule has 1 atom stereocenters. The number of hydrogen-bond donors (Lipinski definition) is 2. The molecule has 0 aromatic heterocycles. The predicted octanol–water partition coefficient (Wildman–Crippen LogP) is 1.98. The fraction of sp³-hybridized carbons (Fsp3) is 0.500. The largest absolute Gasteiger partial charge is 0.395 e. The van der Waals surface area contributed by atoms with Gasteiger partial charge in [-0.05, 0) is 31.0 Å². The van der Waals surface area contributed by atoms with E-state index in [1.165, 1.54) is 10.4 Å². The molecule has 0 bridgehead atoms. The van der Waals surface area contributed by atoms with Crippen LogP contribution in [0.5, 0.6) is 0 Å². The van der Waals surface area contributed by atoms with Gasteiger partial charge >= 0.3 is 10.2 Å². The first kappa shape index (κ1) is 15.5. The van der Waals surface area contributed by atoms with Gasteiger partial charge in [0.25, 0.3) is 0 Å².